The number of hydrogen-bond donors (Lipinski definition) is 2. The van der Waals surface area contributed by atoms with Gasteiger partial charge in [-0.1, -0.05) is 24.3 Å². The van der Waals surface area contributed by atoms with Gasteiger partial charge in [-0.15, -0.1) is 11.3 Å². The number of furan rings is 1. The molecule has 1 aromatic carbocycles. The smallest absolute Gasteiger partial charge is 0.291 e. The minimum absolute atomic E-state index is 0.0429. The first-order valence-electron chi connectivity index (χ1n) is 8.46. The number of carbonyl (C=O) groups is 2. The van der Waals surface area contributed by atoms with Crippen LogP contribution in [0.2, 0.25) is 0 Å². The summed E-state index contributed by atoms with van der Waals surface area (Å²) in [7, 11) is 0. The summed E-state index contributed by atoms with van der Waals surface area (Å²) in [4.78, 5) is 25.4. The lowest BCUT2D eigenvalue weighted by atomic mass is 10.1. The molecule has 4 rings (SSSR count). The Hall–Kier alpha value is -2.86. The van der Waals surface area contributed by atoms with Gasteiger partial charge in [0, 0.05) is 0 Å². The maximum absolute atomic E-state index is 12.7. The largest absolute Gasteiger partial charge is 0.459 e. The average Bonchev–Trinajstić information content (AvgIpc) is 3.35. The normalized spacial score (nSPS) is 15.5. The Morgan fingerprint density at radius 1 is 1.15 bits per heavy atom. The van der Waals surface area contributed by atoms with Gasteiger partial charge >= 0.3 is 0 Å². The van der Waals surface area contributed by atoms with Crippen LogP contribution in [0.15, 0.2) is 53.1 Å². The van der Waals surface area contributed by atoms with Crippen molar-refractivity contribution in [2.75, 3.05) is 5.32 Å². The minimum atomic E-state index is -0.326. The topological polar surface area (TPSA) is 71.3 Å². The second-order valence-electron chi connectivity index (χ2n) is 6.32. The van der Waals surface area contributed by atoms with Crippen molar-refractivity contribution < 1.29 is 14.0 Å². The molecular formula is C20H18N2O3S. The van der Waals surface area contributed by atoms with E-state index in [-0.39, 0.29) is 23.6 Å². The molecule has 5 nitrogen and oxygen atoms in total. The van der Waals surface area contributed by atoms with Crippen LogP contribution in [0.1, 0.15) is 49.4 Å². The highest BCUT2D eigenvalue weighted by atomic mass is 32.1. The molecule has 0 saturated carbocycles. The number of benzene rings is 1. The average molecular weight is 366 g/mol. The van der Waals surface area contributed by atoms with Gasteiger partial charge in [0.2, 0.25) is 0 Å². The van der Waals surface area contributed by atoms with E-state index in [2.05, 4.69) is 22.8 Å². The first-order valence-corrected chi connectivity index (χ1v) is 9.27. The van der Waals surface area contributed by atoms with Crippen LogP contribution in [0.3, 0.4) is 0 Å². The van der Waals surface area contributed by atoms with Crippen molar-refractivity contribution in [3.05, 3.63) is 76.1 Å². The Labute approximate surface area is 155 Å². The quantitative estimate of drug-likeness (QED) is 0.722. The van der Waals surface area contributed by atoms with Crippen molar-refractivity contribution in [2.24, 2.45) is 0 Å². The summed E-state index contributed by atoms with van der Waals surface area (Å²) in [6.45, 7) is 1.87. The molecular weight excluding hydrogens is 348 g/mol. The zero-order valence-electron chi connectivity index (χ0n) is 14.2. The van der Waals surface area contributed by atoms with Gasteiger partial charge in [-0.25, -0.2) is 0 Å². The van der Waals surface area contributed by atoms with Gasteiger partial charge in [-0.05, 0) is 54.7 Å². The summed E-state index contributed by atoms with van der Waals surface area (Å²) in [6.07, 6.45) is 3.35. The number of rotatable bonds is 4. The predicted octanol–water partition coefficient (Wildman–Crippen LogP) is 4.32. The second kappa shape index (κ2) is 6.80. The third kappa shape index (κ3) is 3.15. The van der Waals surface area contributed by atoms with Crippen LogP contribution in [0.5, 0.6) is 0 Å². The molecule has 1 aliphatic carbocycles. The highest BCUT2D eigenvalue weighted by Crippen LogP contribution is 2.32. The Morgan fingerprint density at radius 3 is 2.81 bits per heavy atom. The molecule has 1 atom stereocenters. The van der Waals surface area contributed by atoms with E-state index in [1.165, 1.54) is 28.7 Å². The van der Waals surface area contributed by atoms with Crippen LogP contribution in [-0.2, 0) is 6.42 Å². The molecule has 2 heterocycles. The predicted molar refractivity (Wildman–Crippen MR) is 101 cm³/mol. The lowest BCUT2D eigenvalue weighted by Gasteiger charge is -2.13. The first kappa shape index (κ1) is 16.6. The molecule has 0 fully saturated rings. The lowest BCUT2D eigenvalue weighted by Crippen LogP contribution is -2.26. The van der Waals surface area contributed by atoms with Crippen molar-refractivity contribution in [2.45, 2.75) is 25.8 Å². The Bertz CT molecular complexity index is 959. The number of anilines is 1. The van der Waals surface area contributed by atoms with Gasteiger partial charge < -0.3 is 15.1 Å². The molecule has 0 bridgehead atoms. The highest BCUT2D eigenvalue weighted by Gasteiger charge is 2.25. The van der Waals surface area contributed by atoms with Crippen LogP contribution in [0.25, 0.3) is 0 Å². The third-order valence-electron chi connectivity index (χ3n) is 4.54. The highest BCUT2D eigenvalue weighted by molar-refractivity contribution is 7.18. The van der Waals surface area contributed by atoms with Crippen molar-refractivity contribution in [1.82, 2.24) is 5.32 Å². The first-order chi connectivity index (χ1) is 12.6. The molecule has 1 aliphatic rings. The summed E-state index contributed by atoms with van der Waals surface area (Å²) in [5.74, 6) is -0.190. The number of thiophene rings is 1. The third-order valence-corrected chi connectivity index (χ3v) is 5.70. The maximum Gasteiger partial charge on any atom is 0.291 e. The number of carbonyl (C=O) groups excluding carboxylic acids is 2. The monoisotopic (exact) mass is 366 g/mol. The molecule has 2 amide bonds. The minimum Gasteiger partial charge on any atom is -0.459 e. The second-order valence-corrected chi connectivity index (χ2v) is 7.37. The number of aryl methyl sites for hydroxylation is 2. The van der Waals surface area contributed by atoms with E-state index in [9.17, 15) is 9.59 Å². The van der Waals surface area contributed by atoms with E-state index in [1.54, 1.807) is 12.1 Å². The number of nitrogens with one attached hydrogen (secondary N) is 2. The maximum atomic E-state index is 12.7. The standard InChI is InChI=1S/C20H18N2O3S/c1-12-11-17(22-19(23)16-7-4-10-25-16)26-18(12)20(24)21-15-9-8-13-5-2-3-6-14(13)15/h2-7,10-11,15H,8-9H2,1H3,(H,21,24)(H,22,23). The van der Waals surface area contributed by atoms with E-state index in [0.717, 1.165) is 18.4 Å². The molecule has 2 N–H and O–H groups in total. The van der Waals surface area contributed by atoms with Gasteiger partial charge in [0.15, 0.2) is 5.76 Å². The molecule has 0 aliphatic heterocycles. The van der Waals surface area contributed by atoms with Gasteiger partial charge in [-0.2, -0.15) is 0 Å². The van der Waals surface area contributed by atoms with Crippen molar-refractivity contribution in [3.63, 3.8) is 0 Å². The summed E-state index contributed by atoms with van der Waals surface area (Å²) in [6, 6.07) is 13.3. The Kier molecular flexibility index (Phi) is 4.34. The van der Waals surface area contributed by atoms with Crippen LogP contribution >= 0.6 is 11.3 Å². The fraction of sp³-hybridized carbons (Fsp3) is 0.200. The van der Waals surface area contributed by atoms with Gasteiger partial charge in [0.05, 0.1) is 22.2 Å². The molecule has 2 aromatic heterocycles. The molecule has 0 spiro atoms. The van der Waals surface area contributed by atoms with Crippen LogP contribution < -0.4 is 10.6 Å². The fourth-order valence-corrected chi connectivity index (χ4v) is 4.25. The van der Waals surface area contributed by atoms with E-state index in [4.69, 9.17) is 4.42 Å². The summed E-state index contributed by atoms with van der Waals surface area (Å²) < 4.78 is 5.09. The van der Waals surface area contributed by atoms with Gasteiger partial charge in [-0.3, -0.25) is 9.59 Å². The van der Waals surface area contributed by atoms with E-state index in [0.29, 0.717) is 9.88 Å². The number of fused-ring (bicyclic) bond motifs is 1. The van der Waals surface area contributed by atoms with Gasteiger partial charge in [0.25, 0.3) is 11.8 Å². The molecule has 0 radical (unpaired) electrons. The fourth-order valence-electron chi connectivity index (χ4n) is 3.28. The molecule has 1 unspecified atom stereocenters. The zero-order chi connectivity index (χ0) is 18.1. The van der Waals surface area contributed by atoms with Crippen LogP contribution in [0, 0.1) is 6.92 Å². The summed E-state index contributed by atoms with van der Waals surface area (Å²) in [5.41, 5.74) is 3.34. The van der Waals surface area contributed by atoms with E-state index < -0.39 is 0 Å². The number of amides is 2. The molecule has 0 saturated heterocycles. The number of hydrogen-bond acceptors (Lipinski definition) is 4. The lowest BCUT2D eigenvalue weighted by molar-refractivity contribution is 0.0939. The van der Waals surface area contributed by atoms with Crippen molar-refractivity contribution in [3.8, 4) is 0 Å². The van der Waals surface area contributed by atoms with E-state index >= 15 is 0 Å². The van der Waals surface area contributed by atoms with E-state index in [1.807, 2.05) is 25.1 Å². The molecule has 132 valence electrons. The summed E-state index contributed by atoms with van der Waals surface area (Å²) in [5, 5.41) is 6.53. The van der Waals surface area contributed by atoms with Crippen molar-refractivity contribution in [1.29, 1.82) is 0 Å². The van der Waals surface area contributed by atoms with Gasteiger partial charge in [0.1, 0.15) is 0 Å². The van der Waals surface area contributed by atoms with Crippen molar-refractivity contribution >= 4 is 28.2 Å². The molecule has 26 heavy (non-hydrogen) atoms. The SMILES string of the molecule is Cc1cc(NC(=O)c2ccco2)sc1C(=O)NC1CCc2ccccc21. The summed E-state index contributed by atoms with van der Waals surface area (Å²) >= 11 is 1.27. The zero-order valence-corrected chi connectivity index (χ0v) is 15.1. The van der Waals surface area contributed by atoms with Crippen LogP contribution in [0.4, 0.5) is 5.00 Å². The molecule has 3 aromatic rings. The Balaban J connectivity index is 1.47. The van der Waals surface area contributed by atoms with Crippen LogP contribution in [-0.4, -0.2) is 11.8 Å². The molecule has 6 heteroatoms. The Morgan fingerprint density at radius 2 is 2.00 bits per heavy atom.